The Morgan fingerprint density at radius 3 is 2.25 bits per heavy atom. The Bertz CT molecular complexity index is 625. The molecule has 4 saturated carbocycles. The minimum atomic E-state index is -0.227. The summed E-state index contributed by atoms with van der Waals surface area (Å²) >= 11 is 0. The molecule has 1 aromatic carbocycles. The van der Waals surface area contributed by atoms with Crippen LogP contribution in [-0.4, -0.2) is 32.2 Å². The number of hydrogen-bond acceptors (Lipinski definition) is 3. The molecule has 0 aliphatic heterocycles. The first kappa shape index (κ1) is 15.9. The van der Waals surface area contributed by atoms with Gasteiger partial charge < -0.3 is 4.74 Å². The van der Waals surface area contributed by atoms with Crippen molar-refractivity contribution in [3.8, 4) is 5.75 Å². The molecule has 1 aromatic rings. The Hall–Kier alpha value is -1.55. The molecule has 1 amide bonds. The van der Waals surface area contributed by atoms with E-state index in [1.165, 1.54) is 29.9 Å². The molecule has 4 bridgehead atoms. The monoisotopic (exact) mass is 329 g/mol. The van der Waals surface area contributed by atoms with Crippen molar-refractivity contribution < 1.29 is 14.4 Å². The Morgan fingerprint density at radius 1 is 1.08 bits per heavy atom. The summed E-state index contributed by atoms with van der Waals surface area (Å²) in [5.74, 6) is 2.41. The maximum absolute atomic E-state index is 13.1. The van der Waals surface area contributed by atoms with Crippen molar-refractivity contribution in [3.63, 3.8) is 0 Å². The van der Waals surface area contributed by atoms with Gasteiger partial charge in [-0.25, -0.2) is 5.06 Å². The Labute approximate surface area is 144 Å². The number of ether oxygens (including phenoxy) is 1. The molecule has 4 fully saturated rings. The number of methoxy groups -OCH3 is 1. The first-order chi connectivity index (χ1) is 11.5. The zero-order valence-corrected chi connectivity index (χ0v) is 14.9. The molecule has 4 aliphatic carbocycles. The molecule has 4 heteroatoms. The van der Waals surface area contributed by atoms with Crippen LogP contribution >= 0.6 is 0 Å². The smallest absolute Gasteiger partial charge is 0.252 e. The van der Waals surface area contributed by atoms with Crippen LogP contribution in [0.5, 0.6) is 5.75 Å². The van der Waals surface area contributed by atoms with Crippen LogP contribution in [0.4, 0.5) is 0 Å². The standard InChI is InChI=1S/C20H27NO3/c1-21(24-3)18(22)20-11-14-8-15(12-20)10-19(9-14,13-20)16-4-6-17(23-2)7-5-16/h4-7,14-15H,8-13H2,1-3H3/t14-,15+,19?,20?. The summed E-state index contributed by atoms with van der Waals surface area (Å²) in [5, 5.41) is 1.45. The molecule has 4 aliphatic rings. The van der Waals surface area contributed by atoms with Crippen LogP contribution in [0.1, 0.15) is 44.1 Å². The zero-order valence-electron chi connectivity index (χ0n) is 14.9. The molecule has 0 aromatic heterocycles. The normalized spacial score (nSPS) is 36.6. The topological polar surface area (TPSA) is 38.8 Å². The fourth-order valence-corrected chi connectivity index (χ4v) is 6.21. The first-order valence-corrected chi connectivity index (χ1v) is 8.97. The van der Waals surface area contributed by atoms with E-state index in [9.17, 15) is 4.79 Å². The predicted octanol–water partition coefficient (Wildman–Crippen LogP) is 3.55. The lowest BCUT2D eigenvalue weighted by Gasteiger charge is -2.61. The van der Waals surface area contributed by atoms with Gasteiger partial charge in [-0.1, -0.05) is 12.1 Å². The summed E-state index contributed by atoms with van der Waals surface area (Å²) in [6, 6.07) is 8.54. The summed E-state index contributed by atoms with van der Waals surface area (Å²) in [5.41, 5.74) is 1.31. The molecule has 5 rings (SSSR count). The molecular weight excluding hydrogens is 302 g/mol. The predicted molar refractivity (Wildman–Crippen MR) is 91.6 cm³/mol. The van der Waals surface area contributed by atoms with Crippen LogP contribution in [0.15, 0.2) is 24.3 Å². The van der Waals surface area contributed by atoms with Gasteiger partial charge in [0.2, 0.25) is 0 Å². The van der Waals surface area contributed by atoms with Gasteiger partial charge in [-0.15, -0.1) is 0 Å². The van der Waals surface area contributed by atoms with Gasteiger partial charge in [0.25, 0.3) is 5.91 Å². The lowest BCUT2D eigenvalue weighted by molar-refractivity contribution is -0.195. The molecule has 130 valence electrons. The van der Waals surface area contributed by atoms with Crippen molar-refractivity contribution in [2.24, 2.45) is 17.3 Å². The molecular formula is C20H27NO3. The highest BCUT2D eigenvalue weighted by Crippen LogP contribution is 2.66. The molecule has 0 radical (unpaired) electrons. The van der Waals surface area contributed by atoms with Crippen LogP contribution in [0.3, 0.4) is 0 Å². The lowest BCUT2D eigenvalue weighted by atomic mass is 9.42. The van der Waals surface area contributed by atoms with Gasteiger partial charge >= 0.3 is 0 Å². The number of benzene rings is 1. The molecule has 0 spiro atoms. The lowest BCUT2D eigenvalue weighted by Crippen LogP contribution is -2.59. The molecule has 0 N–H and O–H groups in total. The van der Waals surface area contributed by atoms with Crippen LogP contribution in [0, 0.1) is 17.3 Å². The van der Waals surface area contributed by atoms with E-state index in [1.807, 2.05) is 0 Å². The second-order valence-corrected chi connectivity index (χ2v) is 8.24. The van der Waals surface area contributed by atoms with E-state index in [4.69, 9.17) is 9.57 Å². The Morgan fingerprint density at radius 2 is 1.71 bits per heavy atom. The van der Waals surface area contributed by atoms with E-state index in [2.05, 4.69) is 24.3 Å². The van der Waals surface area contributed by atoms with Gasteiger partial charge in [-0.05, 0) is 73.5 Å². The SMILES string of the molecule is COc1ccc(C23C[C@@H]4C[C@@H](CC(C(=O)N(C)OC)(C4)C2)C3)cc1. The van der Waals surface area contributed by atoms with Crippen molar-refractivity contribution in [1.82, 2.24) is 5.06 Å². The van der Waals surface area contributed by atoms with Gasteiger partial charge in [-0.3, -0.25) is 9.63 Å². The van der Waals surface area contributed by atoms with Crippen LogP contribution in [0.25, 0.3) is 0 Å². The molecule has 4 nitrogen and oxygen atoms in total. The summed E-state index contributed by atoms with van der Waals surface area (Å²) in [6.45, 7) is 0. The van der Waals surface area contributed by atoms with Crippen molar-refractivity contribution >= 4 is 5.91 Å². The maximum Gasteiger partial charge on any atom is 0.252 e. The van der Waals surface area contributed by atoms with E-state index >= 15 is 0 Å². The number of carbonyl (C=O) groups is 1. The van der Waals surface area contributed by atoms with Gasteiger partial charge in [0.05, 0.1) is 19.6 Å². The molecule has 2 unspecified atom stereocenters. The van der Waals surface area contributed by atoms with E-state index in [0.29, 0.717) is 11.8 Å². The maximum atomic E-state index is 13.1. The van der Waals surface area contributed by atoms with Crippen molar-refractivity contribution in [1.29, 1.82) is 0 Å². The third kappa shape index (κ3) is 2.26. The quantitative estimate of drug-likeness (QED) is 0.793. The fourth-order valence-electron chi connectivity index (χ4n) is 6.21. The average molecular weight is 329 g/mol. The van der Waals surface area contributed by atoms with Gasteiger partial charge in [0.15, 0.2) is 0 Å². The molecule has 0 saturated heterocycles. The first-order valence-electron chi connectivity index (χ1n) is 8.97. The molecule has 24 heavy (non-hydrogen) atoms. The van der Waals surface area contributed by atoms with E-state index < -0.39 is 0 Å². The van der Waals surface area contributed by atoms with E-state index in [0.717, 1.165) is 25.0 Å². The fraction of sp³-hybridized carbons (Fsp3) is 0.650. The number of rotatable bonds is 4. The third-order valence-corrected chi connectivity index (χ3v) is 6.78. The second-order valence-electron chi connectivity index (χ2n) is 8.24. The van der Waals surface area contributed by atoms with Crippen LogP contribution in [0.2, 0.25) is 0 Å². The number of carbonyl (C=O) groups excluding carboxylic acids is 1. The van der Waals surface area contributed by atoms with Gasteiger partial charge in [0.1, 0.15) is 5.75 Å². The van der Waals surface area contributed by atoms with Crippen molar-refractivity contribution in [3.05, 3.63) is 29.8 Å². The van der Waals surface area contributed by atoms with E-state index in [-0.39, 0.29) is 16.7 Å². The number of hydroxylamine groups is 2. The Kier molecular flexibility index (Phi) is 3.64. The number of nitrogens with zero attached hydrogens (tertiary/aromatic N) is 1. The van der Waals surface area contributed by atoms with Crippen molar-refractivity contribution in [2.75, 3.05) is 21.3 Å². The highest BCUT2D eigenvalue weighted by Gasteiger charge is 2.61. The van der Waals surface area contributed by atoms with E-state index in [1.54, 1.807) is 21.3 Å². The Balaban J connectivity index is 1.71. The number of amides is 1. The zero-order chi connectivity index (χ0) is 16.9. The number of hydrogen-bond donors (Lipinski definition) is 0. The highest BCUT2D eigenvalue weighted by molar-refractivity contribution is 5.82. The van der Waals surface area contributed by atoms with Gasteiger partial charge in [0, 0.05) is 7.05 Å². The highest BCUT2D eigenvalue weighted by atomic mass is 16.7. The van der Waals surface area contributed by atoms with Crippen LogP contribution in [-0.2, 0) is 15.0 Å². The van der Waals surface area contributed by atoms with Gasteiger partial charge in [-0.2, -0.15) is 0 Å². The largest absolute Gasteiger partial charge is 0.497 e. The second kappa shape index (κ2) is 5.48. The minimum absolute atomic E-state index is 0.153. The molecule has 0 heterocycles. The summed E-state index contributed by atoms with van der Waals surface area (Å²) in [6.07, 6.45) is 6.78. The van der Waals surface area contributed by atoms with Crippen LogP contribution < -0.4 is 4.74 Å². The molecule has 4 atom stereocenters. The summed E-state index contributed by atoms with van der Waals surface area (Å²) in [7, 11) is 5.03. The summed E-state index contributed by atoms with van der Waals surface area (Å²) in [4.78, 5) is 18.3. The summed E-state index contributed by atoms with van der Waals surface area (Å²) < 4.78 is 5.31. The average Bonchev–Trinajstić information content (AvgIpc) is 2.59. The van der Waals surface area contributed by atoms with Crippen molar-refractivity contribution in [2.45, 2.75) is 43.9 Å². The third-order valence-electron chi connectivity index (χ3n) is 6.78. The minimum Gasteiger partial charge on any atom is -0.497 e.